The van der Waals surface area contributed by atoms with Crippen LogP contribution in [0.15, 0.2) is 48.5 Å². The van der Waals surface area contributed by atoms with Gasteiger partial charge in [-0.15, -0.1) is 0 Å². The fraction of sp³-hybridized carbons (Fsp3) is 0.125. The van der Waals surface area contributed by atoms with Gasteiger partial charge in [0.2, 0.25) is 5.91 Å². The molecule has 0 aromatic heterocycles. The second-order valence-corrected chi connectivity index (χ2v) is 4.85. The lowest BCUT2D eigenvalue weighted by atomic mass is 10.1. The highest BCUT2D eigenvalue weighted by atomic mass is 19.1. The van der Waals surface area contributed by atoms with E-state index in [0.29, 0.717) is 5.69 Å². The molecule has 5 heteroatoms. The molecule has 4 nitrogen and oxygen atoms in total. The minimum absolute atomic E-state index is 0.0234. The Labute approximate surface area is 121 Å². The molecule has 2 aromatic carbocycles. The van der Waals surface area contributed by atoms with Crippen molar-refractivity contribution in [2.75, 3.05) is 11.9 Å². The standard InChI is InChI=1S/C16H13FN2O2/c17-13-7-3-2-6-12(13)16(21)19-9-11-5-1-4-8-14(11)18-15(20)10-19/h1-8H,9-10H2,(H,18,20). The molecular formula is C16H13FN2O2. The number of amides is 2. The Bertz CT molecular complexity index is 715. The van der Waals surface area contributed by atoms with E-state index in [2.05, 4.69) is 5.32 Å². The molecule has 0 radical (unpaired) electrons. The number of nitrogens with zero attached hydrogens (tertiary/aromatic N) is 1. The van der Waals surface area contributed by atoms with Crippen LogP contribution in [0.1, 0.15) is 15.9 Å². The predicted octanol–water partition coefficient (Wildman–Crippen LogP) is 2.42. The normalized spacial score (nSPS) is 14.1. The molecule has 1 heterocycles. The number of para-hydroxylation sites is 1. The molecule has 0 fully saturated rings. The van der Waals surface area contributed by atoms with Gasteiger partial charge in [-0.25, -0.2) is 4.39 Å². The zero-order valence-electron chi connectivity index (χ0n) is 11.2. The third-order valence-corrected chi connectivity index (χ3v) is 3.38. The van der Waals surface area contributed by atoms with Crippen molar-refractivity contribution in [3.8, 4) is 0 Å². The van der Waals surface area contributed by atoms with E-state index >= 15 is 0 Å². The summed E-state index contributed by atoms with van der Waals surface area (Å²) in [6.07, 6.45) is 0. The van der Waals surface area contributed by atoms with Gasteiger partial charge < -0.3 is 10.2 Å². The Morgan fingerprint density at radius 3 is 2.57 bits per heavy atom. The first-order chi connectivity index (χ1) is 10.1. The molecule has 21 heavy (non-hydrogen) atoms. The van der Waals surface area contributed by atoms with E-state index in [1.807, 2.05) is 18.2 Å². The van der Waals surface area contributed by atoms with Gasteiger partial charge in [0.1, 0.15) is 12.4 Å². The number of nitrogens with one attached hydrogen (secondary N) is 1. The van der Waals surface area contributed by atoms with Crippen molar-refractivity contribution >= 4 is 17.5 Å². The Balaban J connectivity index is 1.94. The highest BCUT2D eigenvalue weighted by Crippen LogP contribution is 2.22. The number of anilines is 1. The molecule has 0 saturated heterocycles. The Morgan fingerprint density at radius 2 is 1.76 bits per heavy atom. The lowest BCUT2D eigenvalue weighted by Gasteiger charge is -2.19. The summed E-state index contributed by atoms with van der Waals surface area (Å²) >= 11 is 0. The van der Waals surface area contributed by atoms with Gasteiger partial charge in [0.05, 0.1) is 5.56 Å². The van der Waals surface area contributed by atoms with Crippen molar-refractivity contribution < 1.29 is 14.0 Å². The molecule has 1 aliphatic heterocycles. The van der Waals surface area contributed by atoms with Gasteiger partial charge in [0.25, 0.3) is 5.91 Å². The van der Waals surface area contributed by atoms with Gasteiger partial charge in [-0.2, -0.15) is 0 Å². The van der Waals surface area contributed by atoms with Crippen LogP contribution in [0.3, 0.4) is 0 Å². The molecule has 106 valence electrons. The number of carbonyl (C=O) groups excluding carboxylic acids is 2. The summed E-state index contributed by atoms with van der Waals surface area (Å²) in [5, 5.41) is 2.75. The van der Waals surface area contributed by atoms with Crippen LogP contribution in [0, 0.1) is 5.82 Å². The van der Waals surface area contributed by atoms with E-state index in [4.69, 9.17) is 0 Å². The monoisotopic (exact) mass is 284 g/mol. The summed E-state index contributed by atoms with van der Waals surface area (Å²) in [5.74, 6) is -1.36. The molecule has 0 atom stereocenters. The summed E-state index contributed by atoms with van der Waals surface area (Å²) in [4.78, 5) is 25.7. The molecule has 2 amide bonds. The topological polar surface area (TPSA) is 49.4 Å². The van der Waals surface area contributed by atoms with Crippen LogP contribution in [0.25, 0.3) is 0 Å². The van der Waals surface area contributed by atoms with Crippen LogP contribution in [-0.2, 0) is 11.3 Å². The quantitative estimate of drug-likeness (QED) is 0.874. The van der Waals surface area contributed by atoms with Crippen LogP contribution in [-0.4, -0.2) is 23.3 Å². The number of carbonyl (C=O) groups is 2. The minimum atomic E-state index is -0.583. The van der Waals surface area contributed by atoms with Crippen LogP contribution in [0.4, 0.5) is 10.1 Å². The summed E-state index contributed by atoms with van der Waals surface area (Å²) < 4.78 is 13.7. The van der Waals surface area contributed by atoms with Gasteiger partial charge in [-0.3, -0.25) is 9.59 Å². The number of benzene rings is 2. The fourth-order valence-corrected chi connectivity index (χ4v) is 2.35. The lowest BCUT2D eigenvalue weighted by molar-refractivity contribution is -0.116. The predicted molar refractivity (Wildman–Crippen MR) is 76.2 cm³/mol. The van der Waals surface area contributed by atoms with Gasteiger partial charge in [-0.1, -0.05) is 30.3 Å². The summed E-state index contributed by atoms with van der Waals surface area (Å²) in [6, 6.07) is 13.0. The van der Waals surface area contributed by atoms with Crippen LogP contribution < -0.4 is 5.32 Å². The number of halogens is 1. The van der Waals surface area contributed by atoms with Gasteiger partial charge >= 0.3 is 0 Å². The average molecular weight is 284 g/mol. The van der Waals surface area contributed by atoms with E-state index in [1.165, 1.54) is 23.1 Å². The number of fused-ring (bicyclic) bond motifs is 1. The maximum atomic E-state index is 13.7. The van der Waals surface area contributed by atoms with E-state index in [1.54, 1.807) is 12.1 Å². The fourth-order valence-electron chi connectivity index (χ4n) is 2.35. The van der Waals surface area contributed by atoms with E-state index in [0.717, 1.165) is 5.56 Å². The Morgan fingerprint density at radius 1 is 1.05 bits per heavy atom. The van der Waals surface area contributed by atoms with E-state index in [-0.39, 0.29) is 24.6 Å². The highest BCUT2D eigenvalue weighted by Gasteiger charge is 2.25. The van der Waals surface area contributed by atoms with E-state index in [9.17, 15) is 14.0 Å². The third-order valence-electron chi connectivity index (χ3n) is 3.38. The van der Waals surface area contributed by atoms with E-state index < -0.39 is 11.7 Å². The molecule has 1 N–H and O–H groups in total. The second kappa shape index (κ2) is 5.36. The van der Waals surface area contributed by atoms with Crippen molar-refractivity contribution in [1.29, 1.82) is 0 Å². The van der Waals surface area contributed by atoms with Crippen LogP contribution in [0.2, 0.25) is 0 Å². The number of rotatable bonds is 1. The van der Waals surface area contributed by atoms with Crippen LogP contribution in [0.5, 0.6) is 0 Å². The van der Waals surface area contributed by atoms with Crippen LogP contribution >= 0.6 is 0 Å². The van der Waals surface area contributed by atoms with Gasteiger partial charge in [0, 0.05) is 12.2 Å². The molecular weight excluding hydrogens is 271 g/mol. The largest absolute Gasteiger partial charge is 0.325 e. The maximum absolute atomic E-state index is 13.7. The summed E-state index contributed by atoms with van der Waals surface area (Å²) in [5.41, 5.74) is 1.49. The molecule has 0 bridgehead atoms. The Kier molecular flexibility index (Phi) is 3.39. The SMILES string of the molecule is O=C1CN(C(=O)c2ccccc2F)Cc2ccccc2N1. The van der Waals surface area contributed by atoms with Crippen molar-refractivity contribution in [2.24, 2.45) is 0 Å². The molecule has 0 aliphatic carbocycles. The number of hydrogen-bond donors (Lipinski definition) is 1. The van der Waals surface area contributed by atoms with Crippen molar-refractivity contribution in [3.05, 3.63) is 65.5 Å². The number of hydrogen-bond acceptors (Lipinski definition) is 2. The molecule has 2 aromatic rings. The smallest absolute Gasteiger partial charge is 0.257 e. The average Bonchev–Trinajstić information content (AvgIpc) is 2.65. The molecule has 0 saturated carbocycles. The molecule has 3 rings (SSSR count). The van der Waals surface area contributed by atoms with Crippen molar-refractivity contribution in [2.45, 2.75) is 6.54 Å². The summed E-state index contributed by atoms with van der Waals surface area (Å²) in [7, 11) is 0. The third kappa shape index (κ3) is 2.63. The molecule has 0 unspecified atom stereocenters. The van der Waals surface area contributed by atoms with Gasteiger partial charge in [-0.05, 0) is 23.8 Å². The molecule has 0 spiro atoms. The minimum Gasteiger partial charge on any atom is -0.325 e. The lowest BCUT2D eigenvalue weighted by Crippen LogP contribution is -2.35. The highest BCUT2D eigenvalue weighted by molar-refractivity contribution is 6.00. The van der Waals surface area contributed by atoms with Gasteiger partial charge in [0.15, 0.2) is 0 Å². The summed E-state index contributed by atoms with van der Waals surface area (Å²) in [6.45, 7) is 0.171. The first-order valence-electron chi connectivity index (χ1n) is 6.57. The van der Waals surface area contributed by atoms with Crippen molar-refractivity contribution in [1.82, 2.24) is 4.90 Å². The molecule has 1 aliphatic rings. The second-order valence-electron chi connectivity index (χ2n) is 4.85. The first-order valence-corrected chi connectivity index (χ1v) is 6.57. The Hall–Kier alpha value is -2.69. The first kappa shape index (κ1) is 13.3. The maximum Gasteiger partial charge on any atom is 0.257 e. The van der Waals surface area contributed by atoms with Crippen molar-refractivity contribution in [3.63, 3.8) is 0 Å². The zero-order valence-corrected chi connectivity index (χ0v) is 11.2. The zero-order chi connectivity index (χ0) is 14.8.